The van der Waals surface area contributed by atoms with Gasteiger partial charge in [-0.25, -0.2) is 5.43 Å². The number of nitrogens with zero attached hydrogens (tertiary/aromatic N) is 3. The summed E-state index contributed by atoms with van der Waals surface area (Å²) in [6.07, 6.45) is 2.71. The van der Waals surface area contributed by atoms with E-state index in [-0.39, 0.29) is 11.9 Å². The minimum atomic E-state index is -0.164. The Bertz CT molecular complexity index is 1200. The van der Waals surface area contributed by atoms with Crippen LogP contribution in [0.25, 0.3) is 6.08 Å². The Morgan fingerprint density at radius 2 is 1.61 bits per heavy atom. The molecule has 5 heteroatoms. The number of amides is 1. The van der Waals surface area contributed by atoms with E-state index in [2.05, 4.69) is 64.1 Å². The van der Waals surface area contributed by atoms with E-state index in [0.717, 1.165) is 28.9 Å². The molecule has 0 fully saturated rings. The van der Waals surface area contributed by atoms with E-state index >= 15 is 0 Å². The van der Waals surface area contributed by atoms with Crippen LogP contribution in [0, 0.1) is 0 Å². The lowest BCUT2D eigenvalue weighted by Gasteiger charge is -2.24. The molecule has 2 aliphatic heterocycles. The van der Waals surface area contributed by atoms with Crippen molar-refractivity contribution in [1.82, 2.24) is 5.43 Å². The summed E-state index contributed by atoms with van der Waals surface area (Å²) in [5, 5.41) is 11.1. The van der Waals surface area contributed by atoms with Crippen LogP contribution in [0.5, 0.6) is 0 Å². The Morgan fingerprint density at radius 3 is 2.26 bits per heavy atom. The van der Waals surface area contributed by atoms with Crippen molar-refractivity contribution in [2.24, 2.45) is 10.2 Å². The summed E-state index contributed by atoms with van der Waals surface area (Å²) < 4.78 is 0. The molecule has 0 spiro atoms. The third-order valence-electron chi connectivity index (χ3n) is 5.63. The topological polar surface area (TPSA) is 57.1 Å². The van der Waals surface area contributed by atoms with Crippen LogP contribution in [0.15, 0.2) is 101 Å². The zero-order valence-electron chi connectivity index (χ0n) is 17.2. The van der Waals surface area contributed by atoms with Gasteiger partial charge in [-0.05, 0) is 41.8 Å². The fourth-order valence-electron chi connectivity index (χ4n) is 3.97. The molecular formula is C26H22N4O. The van der Waals surface area contributed by atoms with Gasteiger partial charge < -0.3 is 0 Å². The summed E-state index contributed by atoms with van der Waals surface area (Å²) in [5.41, 5.74) is 9.23. The number of hydrazone groups is 2. The number of rotatable bonds is 4. The molecule has 0 bridgehead atoms. The fourth-order valence-corrected chi connectivity index (χ4v) is 3.97. The van der Waals surface area contributed by atoms with Crippen molar-refractivity contribution in [3.05, 3.63) is 107 Å². The summed E-state index contributed by atoms with van der Waals surface area (Å²) in [6, 6.07) is 29.1. The van der Waals surface area contributed by atoms with Crippen molar-refractivity contribution >= 4 is 29.1 Å². The third kappa shape index (κ3) is 3.78. The number of anilines is 1. The highest BCUT2D eigenvalue weighted by molar-refractivity contribution is 6.26. The number of carbonyl (C=O) groups excluding carboxylic acids is 1. The summed E-state index contributed by atoms with van der Waals surface area (Å²) >= 11 is 0. The van der Waals surface area contributed by atoms with E-state index in [1.807, 2.05) is 49.4 Å². The molecule has 152 valence electrons. The summed E-state index contributed by atoms with van der Waals surface area (Å²) in [4.78, 5) is 11.9. The Balaban J connectivity index is 1.48. The Kier molecular flexibility index (Phi) is 4.92. The molecule has 31 heavy (non-hydrogen) atoms. The highest BCUT2D eigenvalue weighted by Gasteiger charge is 2.29. The van der Waals surface area contributed by atoms with Gasteiger partial charge >= 0.3 is 0 Å². The van der Waals surface area contributed by atoms with Gasteiger partial charge in [0.25, 0.3) is 5.91 Å². The second-order valence-corrected chi connectivity index (χ2v) is 7.68. The van der Waals surface area contributed by atoms with Crippen LogP contribution < -0.4 is 10.4 Å². The van der Waals surface area contributed by atoms with Gasteiger partial charge in [0.15, 0.2) is 0 Å². The van der Waals surface area contributed by atoms with Gasteiger partial charge in [-0.3, -0.25) is 9.80 Å². The monoisotopic (exact) mass is 406 g/mol. The minimum Gasteiger partial charge on any atom is -0.267 e. The lowest BCUT2D eigenvalue weighted by molar-refractivity contribution is -0.116. The highest BCUT2D eigenvalue weighted by atomic mass is 16.2. The number of benzene rings is 3. The van der Waals surface area contributed by atoms with Gasteiger partial charge in [0.2, 0.25) is 0 Å². The van der Waals surface area contributed by atoms with E-state index in [4.69, 9.17) is 5.10 Å². The van der Waals surface area contributed by atoms with Crippen LogP contribution >= 0.6 is 0 Å². The van der Waals surface area contributed by atoms with E-state index in [9.17, 15) is 4.79 Å². The molecular weight excluding hydrogens is 384 g/mol. The maximum Gasteiger partial charge on any atom is 0.273 e. The second kappa shape index (κ2) is 8.03. The van der Waals surface area contributed by atoms with Gasteiger partial charge in [-0.2, -0.15) is 10.2 Å². The van der Waals surface area contributed by atoms with Gasteiger partial charge in [0, 0.05) is 6.42 Å². The van der Waals surface area contributed by atoms with Gasteiger partial charge in [0.1, 0.15) is 0 Å². The van der Waals surface area contributed by atoms with E-state index in [0.29, 0.717) is 11.3 Å². The van der Waals surface area contributed by atoms with E-state index in [1.54, 1.807) is 0 Å². The van der Waals surface area contributed by atoms with Crippen molar-refractivity contribution < 1.29 is 4.79 Å². The van der Waals surface area contributed by atoms with Crippen LogP contribution in [0.3, 0.4) is 0 Å². The minimum absolute atomic E-state index is 0.135. The van der Waals surface area contributed by atoms with Crippen molar-refractivity contribution in [2.75, 3.05) is 5.01 Å². The molecule has 3 aromatic carbocycles. The van der Waals surface area contributed by atoms with E-state index < -0.39 is 0 Å². The number of nitrogens with one attached hydrogen (secondary N) is 1. The maximum absolute atomic E-state index is 11.9. The predicted octanol–water partition coefficient (Wildman–Crippen LogP) is 4.93. The van der Waals surface area contributed by atoms with Crippen LogP contribution in [0.4, 0.5) is 5.69 Å². The van der Waals surface area contributed by atoms with Crippen molar-refractivity contribution in [3.8, 4) is 0 Å². The first-order valence-electron chi connectivity index (χ1n) is 10.3. The van der Waals surface area contributed by atoms with Crippen molar-refractivity contribution in [3.63, 3.8) is 0 Å². The maximum atomic E-state index is 11.9. The zero-order chi connectivity index (χ0) is 21.2. The second-order valence-electron chi connectivity index (χ2n) is 7.68. The van der Waals surface area contributed by atoms with Crippen molar-refractivity contribution in [2.45, 2.75) is 19.4 Å². The summed E-state index contributed by atoms with van der Waals surface area (Å²) in [6.45, 7) is 1.83. The first kappa shape index (κ1) is 19.0. The average molecular weight is 406 g/mol. The molecule has 5 rings (SSSR count). The molecule has 2 aliphatic rings. The first-order valence-corrected chi connectivity index (χ1v) is 10.3. The number of hydrogen-bond donors (Lipinski definition) is 1. The molecule has 1 atom stereocenters. The normalized spacial score (nSPS) is 19.4. The highest BCUT2D eigenvalue weighted by Crippen LogP contribution is 2.36. The molecule has 0 radical (unpaired) electrons. The molecule has 1 amide bonds. The SMILES string of the molecule is CC1=NNC(=O)C1=Cc1ccc(N2N=C(c3ccccc3)CC2c2ccccc2)cc1. The molecule has 0 saturated heterocycles. The summed E-state index contributed by atoms with van der Waals surface area (Å²) in [7, 11) is 0. The number of hydrogen-bond acceptors (Lipinski definition) is 4. The molecule has 2 heterocycles. The summed E-state index contributed by atoms with van der Waals surface area (Å²) in [5.74, 6) is -0.164. The molecule has 0 saturated carbocycles. The smallest absolute Gasteiger partial charge is 0.267 e. The molecule has 0 aromatic heterocycles. The Labute approximate surface area is 181 Å². The molecule has 1 N–H and O–H groups in total. The van der Waals surface area contributed by atoms with Crippen LogP contribution in [0.1, 0.15) is 36.1 Å². The van der Waals surface area contributed by atoms with Gasteiger partial charge in [0.05, 0.1) is 28.7 Å². The van der Waals surface area contributed by atoms with Crippen LogP contribution in [-0.2, 0) is 4.79 Å². The van der Waals surface area contributed by atoms with Crippen molar-refractivity contribution in [1.29, 1.82) is 0 Å². The van der Waals surface area contributed by atoms with Crippen LogP contribution in [0.2, 0.25) is 0 Å². The zero-order valence-corrected chi connectivity index (χ0v) is 17.2. The lowest BCUT2D eigenvalue weighted by atomic mass is 9.98. The number of carbonyl (C=O) groups is 1. The predicted molar refractivity (Wildman–Crippen MR) is 125 cm³/mol. The largest absolute Gasteiger partial charge is 0.273 e. The van der Waals surface area contributed by atoms with E-state index in [1.165, 1.54) is 5.56 Å². The fraction of sp³-hybridized carbons (Fsp3) is 0.115. The Morgan fingerprint density at radius 1 is 0.935 bits per heavy atom. The molecule has 0 aliphatic carbocycles. The Hall–Kier alpha value is -3.99. The van der Waals surface area contributed by atoms with Gasteiger partial charge in [-0.1, -0.05) is 72.8 Å². The first-order chi connectivity index (χ1) is 15.2. The quantitative estimate of drug-likeness (QED) is 0.625. The standard InChI is InChI=1S/C26H22N4O/c1-18-23(26(31)28-27-18)16-19-12-14-22(15-13-19)30-25(21-10-6-3-7-11-21)17-24(29-30)20-8-4-2-5-9-20/h2-16,25H,17H2,1H3,(H,28,31). The third-order valence-corrected chi connectivity index (χ3v) is 5.63. The van der Waals surface area contributed by atoms with Crippen LogP contribution in [-0.4, -0.2) is 17.3 Å². The lowest BCUT2D eigenvalue weighted by Crippen LogP contribution is -2.18. The van der Waals surface area contributed by atoms with Gasteiger partial charge in [-0.15, -0.1) is 0 Å². The molecule has 3 aromatic rings. The molecule has 1 unspecified atom stereocenters. The molecule has 5 nitrogen and oxygen atoms in total. The average Bonchev–Trinajstić information content (AvgIpc) is 3.40.